The van der Waals surface area contributed by atoms with Gasteiger partial charge in [-0.2, -0.15) is 0 Å². The number of esters is 1. The molecule has 0 spiro atoms. The van der Waals surface area contributed by atoms with Crippen LogP contribution in [0.5, 0.6) is 0 Å². The highest BCUT2D eigenvalue weighted by molar-refractivity contribution is 5.79. The summed E-state index contributed by atoms with van der Waals surface area (Å²) in [7, 11) is 0. The van der Waals surface area contributed by atoms with Crippen LogP contribution in [0.4, 0.5) is 0 Å². The molecule has 0 aliphatic heterocycles. The molecule has 1 amide bonds. The van der Waals surface area contributed by atoms with Crippen LogP contribution in [0.1, 0.15) is 25.3 Å². The number of hydrogen-bond donors (Lipinski definition) is 2. The van der Waals surface area contributed by atoms with Gasteiger partial charge in [-0.15, -0.1) is 0 Å². The lowest BCUT2D eigenvalue weighted by atomic mass is 10.2. The van der Waals surface area contributed by atoms with Crippen LogP contribution in [0.25, 0.3) is 0 Å². The molecule has 2 N–H and O–H groups in total. The van der Waals surface area contributed by atoms with Crippen LogP contribution < -0.4 is 10.6 Å². The average Bonchev–Trinajstić information content (AvgIpc) is 2.46. The summed E-state index contributed by atoms with van der Waals surface area (Å²) in [4.78, 5) is 22.8. The van der Waals surface area contributed by atoms with E-state index in [1.165, 1.54) is 0 Å². The Kier molecular flexibility index (Phi) is 8.07. The topological polar surface area (TPSA) is 67.4 Å². The van der Waals surface area contributed by atoms with Gasteiger partial charge in [0.2, 0.25) is 5.91 Å². The smallest absolute Gasteiger partial charge is 0.319 e. The maximum absolute atomic E-state index is 11.5. The quantitative estimate of drug-likeness (QED) is 0.527. The third kappa shape index (κ3) is 7.53. The van der Waals surface area contributed by atoms with Gasteiger partial charge in [0.1, 0.15) is 0 Å². The molecule has 0 fully saturated rings. The summed E-state index contributed by atoms with van der Waals surface area (Å²) in [5.41, 5.74) is 1.04. The number of hydrogen-bond acceptors (Lipinski definition) is 4. The molecule has 110 valence electrons. The zero-order valence-corrected chi connectivity index (χ0v) is 11.9. The molecule has 0 aliphatic rings. The fourth-order valence-corrected chi connectivity index (χ4v) is 1.52. The van der Waals surface area contributed by atoms with E-state index in [0.29, 0.717) is 13.2 Å². The number of amides is 1. The molecular formula is C15H22N2O3. The maximum Gasteiger partial charge on any atom is 0.319 e. The Morgan fingerprint density at radius 2 is 1.90 bits per heavy atom. The van der Waals surface area contributed by atoms with Crippen LogP contribution in [0.3, 0.4) is 0 Å². The second-order valence-electron chi connectivity index (χ2n) is 4.44. The minimum Gasteiger partial charge on any atom is -0.465 e. The van der Waals surface area contributed by atoms with E-state index >= 15 is 0 Å². The van der Waals surface area contributed by atoms with Crippen molar-refractivity contribution in [3.63, 3.8) is 0 Å². The molecule has 0 bridgehead atoms. The number of benzene rings is 1. The third-order valence-corrected chi connectivity index (χ3v) is 2.65. The van der Waals surface area contributed by atoms with Crippen molar-refractivity contribution in [2.24, 2.45) is 0 Å². The summed E-state index contributed by atoms with van der Waals surface area (Å²) in [5, 5.41) is 5.53. The van der Waals surface area contributed by atoms with Crippen molar-refractivity contribution in [2.45, 2.75) is 26.3 Å². The van der Waals surface area contributed by atoms with Gasteiger partial charge in [0.05, 0.1) is 19.7 Å². The first-order chi connectivity index (χ1) is 9.72. The predicted octanol–water partition coefficient (Wildman–Crippen LogP) is 1.24. The Balaban J connectivity index is 2.07. The first kappa shape index (κ1) is 16.2. The summed E-state index contributed by atoms with van der Waals surface area (Å²) in [6.07, 6.45) is 1.85. The molecule has 1 aromatic rings. The van der Waals surface area contributed by atoms with Gasteiger partial charge < -0.3 is 10.1 Å². The Morgan fingerprint density at radius 3 is 2.60 bits per heavy atom. The van der Waals surface area contributed by atoms with Crippen LogP contribution >= 0.6 is 0 Å². The number of ether oxygens (including phenoxy) is 1. The van der Waals surface area contributed by atoms with E-state index in [1.807, 2.05) is 37.3 Å². The summed E-state index contributed by atoms with van der Waals surface area (Å²) in [5.74, 6) is -0.468. The molecule has 0 heterocycles. The monoisotopic (exact) mass is 278 g/mol. The predicted molar refractivity (Wildman–Crippen MR) is 77.0 cm³/mol. The lowest BCUT2D eigenvalue weighted by Gasteiger charge is -2.07. The highest BCUT2D eigenvalue weighted by Crippen LogP contribution is 1.96. The van der Waals surface area contributed by atoms with Crippen LogP contribution in [-0.4, -0.2) is 31.6 Å². The number of carbonyl (C=O) groups excluding carboxylic acids is 2. The van der Waals surface area contributed by atoms with Gasteiger partial charge in [0.15, 0.2) is 0 Å². The highest BCUT2D eigenvalue weighted by atomic mass is 16.5. The van der Waals surface area contributed by atoms with E-state index in [1.54, 1.807) is 0 Å². The van der Waals surface area contributed by atoms with Gasteiger partial charge in [-0.25, -0.2) is 0 Å². The van der Waals surface area contributed by atoms with Crippen molar-refractivity contribution < 1.29 is 14.3 Å². The molecule has 0 unspecified atom stereocenters. The van der Waals surface area contributed by atoms with Crippen molar-refractivity contribution in [3.05, 3.63) is 35.9 Å². The van der Waals surface area contributed by atoms with E-state index in [9.17, 15) is 9.59 Å². The fourth-order valence-electron chi connectivity index (χ4n) is 1.52. The normalized spacial score (nSPS) is 10.1. The molecule has 1 rings (SSSR count). The number of unbranched alkanes of at least 4 members (excludes halogenated alkanes) is 1. The molecule has 0 saturated heterocycles. The van der Waals surface area contributed by atoms with Crippen molar-refractivity contribution in [1.82, 2.24) is 10.6 Å². The lowest BCUT2D eigenvalue weighted by Crippen LogP contribution is -2.36. The summed E-state index contributed by atoms with van der Waals surface area (Å²) >= 11 is 0. The van der Waals surface area contributed by atoms with Crippen LogP contribution in [0.15, 0.2) is 30.3 Å². The summed E-state index contributed by atoms with van der Waals surface area (Å²) < 4.78 is 4.96. The number of nitrogens with one attached hydrogen (secondary N) is 2. The first-order valence-corrected chi connectivity index (χ1v) is 6.89. The molecule has 0 aliphatic carbocycles. The molecule has 0 atom stereocenters. The van der Waals surface area contributed by atoms with Crippen LogP contribution in [0, 0.1) is 0 Å². The van der Waals surface area contributed by atoms with E-state index in [4.69, 9.17) is 4.74 Å². The van der Waals surface area contributed by atoms with E-state index in [-0.39, 0.29) is 25.0 Å². The van der Waals surface area contributed by atoms with Gasteiger partial charge in [-0.1, -0.05) is 43.7 Å². The zero-order valence-electron chi connectivity index (χ0n) is 11.9. The van der Waals surface area contributed by atoms with Crippen LogP contribution in [-0.2, 0) is 20.9 Å². The average molecular weight is 278 g/mol. The Bertz CT molecular complexity index is 407. The zero-order chi connectivity index (χ0) is 14.6. The van der Waals surface area contributed by atoms with Gasteiger partial charge in [0.25, 0.3) is 0 Å². The van der Waals surface area contributed by atoms with E-state index < -0.39 is 0 Å². The molecule has 0 aromatic heterocycles. The molecule has 1 aromatic carbocycles. The van der Waals surface area contributed by atoms with Crippen molar-refractivity contribution >= 4 is 11.9 Å². The second-order valence-corrected chi connectivity index (χ2v) is 4.44. The van der Waals surface area contributed by atoms with Gasteiger partial charge >= 0.3 is 5.97 Å². The number of carbonyl (C=O) groups is 2. The van der Waals surface area contributed by atoms with Crippen molar-refractivity contribution in [3.8, 4) is 0 Å². The molecule has 0 radical (unpaired) electrons. The molecule has 5 nitrogen and oxygen atoms in total. The lowest BCUT2D eigenvalue weighted by molar-refractivity contribution is -0.142. The third-order valence-electron chi connectivity index (χ3n) is 2.65. The fraction of sp³-hybridized carbons (Fsp3) is 0.467. The van der Waals surface area contributed by atoms with Crippen molar-refractivity contribution in [2.75, 3.05) is 19.7 Å². The van der Waals surface area contributed by atoms with Gasteiger partial charge in [-0.3, -0.25) is 14.9 Å². The number of rotatable bonds is 9. The molecular weight excluding hydrogens is 256 g/mol. The minimum atomic E-state index is -0.325. The van der Waals surface area contributed by atoms with Gasteiger partial charge in [0, 0.05) is 6.54 Å². The maximum atomic E-state index is 11.5. The van der Waals surface area contributed by atoms with Crippen molar-refractivity contribution in [1.29, 1.82) is 0 Å². The molecule has 20 heavy (non-hydrogen) atoms. The molecule has 5 heteroatoms. The molecule has 0 saturated carbocycles. The Hall–Kier alpha value is -1.88. The SMILES string of the molecule is CCCCOC(=O)CNCC(=O)NCc1ccccc1. The Labute approximate surface area is 119 Å². The minimum absolute atomic E-state index is 0.0580. The largest absolute Gasteiger partial charge is 0.465 e. The van der Waals surface area contributed by atoms with Crippen LogP contribution in [0.2, 0.25) is 0 Å². The standard InChI is InChI=1S/C15H22N2O3/c1-2-3-9-20-15(19)12-16-11-14(18)17-10-13-7-5-4-6-8-13/h4-8,16H,2-3,9-12H2,1H3,(H,17,18). The summed E-state index contributed by atoms with van der Waals surface area (Å²) in [6, 6.07) is 9.66. The second kappa shape index (κ2) is 9.97. The summed E-state index contributed by atoms with van der Waals surface area (Å²) in [6.45, 7) is 3.13. The first-order valence-electron chi connectivity index (χ1n) is 6.89. The van der Waals surface area contributed by atoms with E-state index in [2.05, 4.69) is 10.6 Å². The highest BCUT2D eigenvalue weighted by Gasteiger charge is 2.04. The Morgan fingerprint density at radius 1 is 1.15 bits per heavy atom. The van der Waals surface area contributed by atoms with E-state index in [0.717, 1.165) is 18.4 Å². The van der Waals surface area contributed by atoms with Gasteiger partial charge in [-0.05, 0) is 12.0 Å².